The van der Waals surface area contributed by atoms with Gasteiger partial charge in [0.15, 0.2) is 0 Å². The molecule has 0 aromatic rings. The summed E-state index contributed by atoms with van der Waals surface area (Å²) in [6.07, 6.45) is 2.36. The van der Waals surface area contributed by atoms with Crippen molar-refractivity contribution >= 4 is 0 Å². The maximum absolute atomic E-state index is 5.47. The zero-order chi connectivity index (χ0) is 10.8. The highest BCUT2D eigenvalue weighted by molar-refractivity contribution is 4.59. The van der Waals surface area contributed by atoms with Crippen LogP contribution < -0.4 is 5.73 Å². The van der Waals surface area contributed by atoms with Crippen molar-refractivity contribution in [1.29, 1.82) is 0 Å². The molecule has 0 atom stereocenters. The second kappa shape index (κ2) is 9.44. The van der Waals surface area contributed by atoms with Crippen molar-refractivity contribution < 1.29 is 0 Å². The van der Waals surface area contributed by atoms with Gasteiger partial charge in [-0.15, -0.1) is 0 Å². The van der Waals surface area contributed by atoms with E-state index in [0.717, 1.165) is 26.1 Å². The van der Waals surface area contributed by atoms with Gasteiger partial charge in [-0.1, -0.05) is 13.8 Å². The smallest absolute Gasteiger partial charge is 0.0109 e. The van der Waals surface area contributed by atoms with Crippen molar-refractivity contribution in [3.63, 3.8) is 0 Å². The van der Waals surface area contributed by atoms with Gasteiger partial charge in [0, 0.05) is 13.1 Å². The van der Waals surface area contributed by atoms with E-state index in [4.69, 9.17) is 5.73 Å². The maximum Gasteiger partial charge on any atom is 0.0109 e. The van der Waals surface area contributed by atoms with Gasteiger partial charge in [-0.3, -0.25) is 0 Å². The molecule has 0 radical (unpaired) electrons. The van der Waals surface area contributed by atoms with Gasteiger partial charge in [0.2, 0.25) is 0 Å². The van der Waals surface area contributed by atoms with E-state index in [2.05, 4.69) is 30.7 Å². The average molecular weight is 201 g/mol. The summed E-state index contributed by atoms with van der Waals surface area (Å²) in [6, 6.07) is 0. The van der Waals surface area contributed by atoms with E-state index in [0.29, 0.717) is 0 Å². The highest BCUT2D eigenvalue weighted by atomic mass is 15.2. The zero-order valence-corrected chi connectivity index (χ0v) is 10.1. The third-order valence-electron chi connectivity index (χ3n) is 2.53. The van der Waals surface area contributed by atoms with E-state index < -0.39 is 0 Å². The fourth-order valence-corrected chi connectivity index (χ4v) is 1.53. The Bertz CT molecular complexity index is 117. The molecule has 0 amide bonds. The summed E-state index contributed by atoms with van der Waals surface area (Å²) in [7, 11) is 2.18. The Hall–Kier alpha value is -0.120. The first-order chi connectivity index (χ1) is 6.74. The number of hydrogen-bond acceptors (Lipinski definition) is 3. The van der Waals surface area contributed by atoms with Crippen LogP contribution in [-0.4, -0.2) is 56.1 Å². The van der Waals surface area contributed by atoms with Gasteiger partial charge in [0.1, 0.15) is 0 Å². The number of nitrogens with two attached hydrogens (primary N) is 1. The van der Waals surface area contributed by atoms with Crippen LogP contribution >= 0.6 is 0 Å². The molecule has 0 heterocycles. The summed E-state index contributed by atoms with van der Waals surface area (Å²) in [6.45, 7) is 11.1. The van der Waals surface area contributed by atoms with Crippen LogP contribution in [0.2, 0.25) is 0 Å². The van der Waals surface area contributed by atoms with Crippen LogP contribution in [0, 0.1) is 0 Å². The second-order valence-electron chi connectivity index (χ2n) is 3.88. The van der Waals surface area contributed by atoms with Gasteiger partial charge >= 0.3 is 0 Å². The monoisotopic (exact) mass is 201 g/mol. The molecule has 0 fully saturated rings. The summed E-state index contributed by atoms with van der Waals surface area (Å²) >= 11 is 0. The molecule has 0 aliphatic carbocycles. The first-order valence-electron chi connectivity index (χ1n) is 5.85. The molecular weight excluding hydrogens is 174 g/mol. The van der Waals surface area contributed by atoms with Crippen molar-refractivity contribution in [2.45, 2.75) is 26.7 Å². The molecule has 3 nitrogen and oxygen atoms in total. The van der Waals surface area contributed by atoms with E-state index in [1.54, 1.807) is 0 Å². The summed E-state index contributed by atoms with van der Waals surface area (Å²) in [5.74, 6) is 0. The maximum atomic E-state index is 5.47. The van der Waals surface area contributed by atoms with E-state index in [9.17, 15) is 0 Å². The minimum absolute atomic E-state index is 0.802. The summed E-state index contributed by atoms with van der Waals surface area (Å²) in [4.78, 5) is 4.87. The Labute approximate surface area is 89.2 Å². The van der Waals surface area contributed by atoms with Crippen LogP contribution in [0.4, 0.5) is 0 Å². The predicted octanol–water partition coefficient (Wildman–Crippen LogP) is 0.999. The average Bonchev–Trinajstić information content (AvgIpc) is 2.21. The first kappa shape index (κ1) is 13.9. The largest absolute Gasteiger partial charge is 0.330 e. The first-order valence-corrected chi connectivity index (χ1v) is 5.85. The number of likely N-dealkylation sites (N-methyl/N-ethyl adjacent to an activating group) is 2. The number of hydrogen-bond donors (Lipinski definition) is 1. The van der Waals surface area contributed by atoms with Gasteiger partial charge in [-0.25, -0.2) is 0 Å². The normalized spacial score (nSPS) is 11.6. The minimum atomic E-state index is 0.802. The summed E-state index contributed by atoms with van der Waals surface area (Å²) in [5.41, 5.74) is 5.47. The molecule has 2 N–H and O–H groups in total. The molecule has 0 spiro atoms. The Kier molecular flexibility index (Phi) is 9.35. The Morgan fingerprint density at radius 2 is 1.71 bits per heavy atom. The Balaban J connectivity index is 3.46. The molecular formula is C11H27N3. The van der Waals surface area contributed by atoms with Crippen LogP contribution in [0.25, 0.3) is 0 Å². The molecule has 0 aromatic heterocycles. The molecule has 0 bridgehead atoms. The van der Waals surface area contributed by atoms with Crippen molar-refractivity contribution in [1.82, 2.24) is 9.80 Å². The highest BCUT2D eigenvalue weighted by Crippen LogP contribution is 1.93. The lowest BCUT2D eigenvalue weighted by Crippen LogP contribution is -2.34. The number of nitrogens with zero attached hydrogens (tertiary/aromatic N) is 2. The third kappa shape index (κ3) is 7.30. The fourth-order valence-electron chi connectivity index (χ4n) is 1.53. The van der Waals surface area contributed by atoms with Gasteiger partial charge in [0.05, 0.1) is 0 Å². The molecule has 0 aliphatic heterocycles. The van der Waals surface area contributed by atoms with Crippen molar-refractivity contribution in [2.24, 2.45) is 5.73 Å². The lowest BCUT2D eigenvalue weighted by atomic mass is 10.3. The molecule has 0 saturated carbocycles. The van der Waals surface area contributed by atoms with Gasteiger partial charge in [0.25, 0.3) is 0 Å². The SMILES string of the molecule is CCCN(CC)CCN(C)CCCN. The summed E-state index contributed by atoms with van der Waals surface area (Å²) < 4.78 is 0. The summed E-state index contributed by atoms with van der Waals surface area (Å²) in [5, 5.41) is 0. The highest BCUT2D eigenvalue weighted by Gasteiger charge is 2.02. The van der Waals surface area contributed by atoms with Crippen LogP contribution in [0.15, 0.2) is 0 Å². The lowest BCUT2D eigenvalue weighted by Gasteiger charge is -2.23. The van der Waals surface area contributed by atoms with E-state index in [-0.39, 0.29) is 0 Å². The van der Waals surface area contributed by atoms with Gasteiger partial charge < -0.3 is 15.5 Å². The van der Waals surface area contributed by atoms with Crippen LogP contribution in [0.5, 0.6) is 0 Å². The molecule has 0 aliphatic rings. The minimum Gasteiger partial charge on any atom is -0.330 e. The Morgan fingerprint density at radius 3 is 2.21 bits per heavy atom. The topological polar surface area (TPSA) is 32.5 Å². The number of rotatable bonds is 9. The molecule has 0 unspecified atom stereocenters. The quantitative estimate of drug-likeness (QED) is 0.604. The van der Waals surface area contributed by atoms with Gasteiger partial charge in [-0.05, 0) is 46.1 Å². The molecule has 0 saturated heterocycles. The third-order valence-corrected chi connectivity index (χ3v) is 2.53. The molecule has 3 heteroatoms. The molecule has 14 heavy (non-hydrogen) atoms. The Morgan fingerprint density at radius 1 is 1.00 bits per heavy atom. The standard InChI is InChI=1S/C11H27N3/c1-4-8-14(5-2)11-10-13(3)9-6-7-12/h4-12H2,1-3H3. The van der Waals surface area contributed by atoms with Gasteiger partial charge in [-0.2, -0.15) is 0 Å². The van der Waals surface area contributed by atoms with Crippen LogP contribution in [0.3, 0.4) is 0 Å². The molecule has 0 rings (SSSR count). The van der Waals surface area contributed by atoms with Crippen molar-refractivity contribution in [3.8, 4) is 0 Å². The molecule has 86 valence electrons. The van der Waals surface area contributed by atoms with E-state index in [1.807, 2.05) is 0 Å². The fraction of sp³-hybridized carbons (Fsp3) is 1.00. The molecule has 0 aromatic carbocycles. The van der Waals surface area contributed by atoms with Crippen LogP contribution in [-0.2, 0) is 0 Å². The zero-order valence-electron chi connectivity index (χ0n) is 10.1. The van der Waals surface area contributed by atoms with Crippen molar-refractivity contribution in [3.05, 3.63) is 0 Å². The van der Waals surface area contributed by atoms with Crippen molar-refractivity contribution in [2.75, 3.05) is 46.3 Å². The van der Waals surface area contributed by atoms with E-state index >= 15 is 0 Å². The second-order valence-corrected chi connectivity index (χ2v) is 3.88. The predicted molar refractivity (Wildman–Crippen MR) is 63.6 cm³/mol. The van der Waals surface area contributed by atoms with Crippen LogP contribution in [0.1, 0.15) is 26.7 Å². The lowest BCUT2D eigenvalue weighted by molar-refractivity contribution is 0.232. The van der Waals surface area contributed by atoms with E-state index in [1.165, 1.54) is 26.1 Å².